The number of thiophene rings is 1. The molecule has 4 heterocycles. The van der Waals surface area contributed by atoms with E-state index in [0.717, 1.165) is 38.0 Å². The number of rotatable bonds is 7. The van der Waals surface area contributed by atoms with Crippen LogP contribution in [-0.4, -0.2) is 71.1 Å². The van der Waals surface area contributed by atoms with Gasteiger partial charge < -0.3 is 19.1 Å². The Labute approximate surface area is 237 Å². The molecule has 0 unspecified atom stereocenters. The average Bonchev–Trinajstić information content (AvgIpc) is 3.74. The SMILES string of the molecule is COC(=O)Cn1cnc2c(C(=O)N3C[C@@H](CN4CCC(c5ccc(F)cc5)CC4)[C@H](c4ccsc4)C3)cccc21. The summed E-state index contributed by atoms with van der Waals surface area (Å²) in [6, 6.07) is 14.7. The third-order valence-electron chi connectivity index (χ3n) is 8.53. The molecular weight excluding hydrogens is 527 g/mol. The van der Waals surface area contributed by atoms with Crippen LogP contribution in [-0.2, 0) is 16.1 Å². The first-order chi connectivity index (χ1) is 19.5. The molecule has 2 aliphatic rings. The van der Waals surface area contributed by atoms with Crippen LogP contribution in [0.1, 0.15) is 46.2 Å². The molecule has 2 aromatic carbocycles. The Morgan fingerprint density at radius 1 is 1.05 bits per heavy atom. The Morgan fingerprint density at radius 3 is 2.58 bits per heavy atom. The van der Waals surface area contributed by atoms with E-state index < -0.39 is 0 Å². The number of imidazole rings is 1. The molecule has 4 aromatic rings. The molecule has 0 N–H and O–H groups in total. The summed E-state index contributed by atoms with van der Waals surface area (Å²) in [5.41, 5.74) is 4.43. The highest BCUT2D eigenvalue weighted by molar-refractivity contribution is 7.08. The summed E-state index contributed by atoms with van der Waals surface area (Å²) in [6.45, 7) is 4.36. The molecule has 0 bridgehead atoms. The van der Waals surface area contributed by atoms with Gasteiger partial charge in [0.1, 0.15) is 17.9 Å². The van der Waals surface area contributed by atoms with E-state index in [1.807, 2.05) is 35.2 Å². The Hall–Kier alpha value is -3.56. The molecule has 208 valence electrons. The number of aromatic nitrogens is 2. The average molecular weight is 561 g/mol. The fourth-order valence-electron chi connectivity index (χ4n) is 6.36. The number of para-hydroxylation sites is 1. The number of nitrogens with zero attached hydrogens (tertiary/aromatic N) is 4. The number of halogens is 1. The lowest BCUT2D eigenvalue weighted by Crippen LogP contribution is -2.38. The van der Waals surface area contributed by atoms with Gasteiger partial charge in [-0.3, -0.25) is 9.59 Å². The van der Waals surface area contributed by atoms with Gasteiger partial charge in [-0.25, -0.2) is 9.37 Å². The fourth-order valence-corrected chi connectivity index (χ4v) is 7.09. The summed E-state index contributed by atoms with van der Waals surface area (Å²) in [6.07, 6.45) is 3.70. The van der Waals surface area contributed by atoms with E-state index in [1.165, 1.54) is 18.2 Å². The molecule has 6 rings (SSSR count). The van der Waals surface area contributed by atoms with Crippen molar-refractivity contribution in [1.82, 2.24) is 19.4 Å². The number of ether oxygens (including phenoxy) is 1. The number of hydrogen-bond donors (Lipinski definition) is 0. The van der Waals surface area contributed by atoms with Crippen molar-refractivity contribution >= 4 is 34.2 Å². The van der Waals surface area contributed by atoms with Crippen LogP contribution in [0, 0.1) is 11.7 Å². The number of likely N-dealkylation sites (tertiary alicyclic amines) is 2. The fraction of sp³-hybridized carbons (Fsp3) is 0.387. The maximum absolute atomic E-state index is 13.9. The standard InChI is InChI=1S/C31H33FN4O3S/c1-39-29(37)18-36-20-33-30-26(3-2-4-28(30)36)31(38)35-16-24(27(17-35)23-11-14-40-19-23)15-34-12-9-22(10-13-34)21-5-7-25(32)8-6-21/h2-8,11,14,19-20,22,24,27H,9-10,12-13,15-18H2,1H3/t24-,27+/m1/s1. The van der Waals surface area contributed by atoms with Gasteiger partial charge in [-0.2, -0.15) is 11.3 Å². The van der Waals surface area contributed by atoms with Gasteiger partial charge in [0.2, 0.25) is 0 Å². The molecule has 2 fully saturated rings. The molecule has 2 aliphatic heterocycles. The largest absolute Gasteiger partial charge is 0.468 e. The lowest BCUT2D eigenvalue weighted by Gasteiger charge is -2.34. The zero-order valence-electron chi connectivity index (χ0n) is 22.5. The molecule has 0 radical (unpaired) electrons. The quantitative estimate of drug-likeness (QED) is 0.293. The van der Waals surface area contributed by atoms with Crippen LogP contribution in [0.5, 0.6) is 0 Å². The first-order valence-corrected chi connectivity index (χ1v) is 14.7. The minimum atomic E-state index is -0.362. The number of fused-ring (bicyclic) bond motifs is 1. The number of piperidine rings is 1. The Balaban J connectivity index is 1.17. The molecule has 7 nitrogen and oxygen atoms in total. The molecule has 1 amide bonds. The summed E-state index contributed by atoms with van der Waals surface area (Å²) in [4.78, 5) is 34.7. The van der Waals surface area contributed by atoms with Crippen LogP contribution in [0.25, 0.3) is 11.0 Å². The molecule has 0 spiro atoms. The van der Waals surface area contributed by atoms with Crippen LogP contribution in [0.4, 0.5) is 4.39 Å². The summed E-state index contributed by atoms with van der Waals surface area (Å²) in [5.74, 6) is 0.501. The van der Waals surface area contributed by atoms with E-state index in [9.17, 15) is 14.0 Å². The maximum atomic E-state index is 13.9. The van der Waals surface area contributed by atoms with Crippen molar-refractivity contribution < 1.29 is 18.7 Å². The Morgan fingerprint density at radius 2 is 1.85 bits per heavy atom. The van der Waals surface area contributed by atoms with Crippen LogP contribution in [0.15, 0.2) is 65.6 Å². The van der Waals surface area contributed by atoms with E-state index in [-0.39, 0.29) is 30.2 Å². The van der Waals surface area contributed by atoms with Crippen molar-refractivity contribution in [3.05, 3.63) is 88.1 Å². The number of hydrogen-bond acceptors (Lipinski definition) is 6. The molecular formula is C31H33FN4O3S. The minimum Gasteiger partial charge on any atom is -0.468 e. The first kappa shape index (κ1) is 26.7. The number of methoxy groups -OCH3 is 1. The molecule has 9 heteroatoms. The smallest absolute Gasteiger partial charge is 0.325 e. The third-order valence-corrected chi connectivity index (χ3v) is 9.23. The lowest BCUT2D eigenvalue weighted by molar-refractivity contribution is -0.141. The van der Waals surface area contributed by atoms with Crippen LogP contribution < -0.4 is 0 Å². The van der Waals surface area contributed by atoms with Crippen LogP contribution >= 0.6 is 11.3 Å². The molecule has 2 saturated heterocycles. The van der Waals surface area contributed by atoms with Gasteiger partial charge in [0.05, 0.1) is 24.5 Å². The monoisotopic (exact) mass is 560 g/mol. The van der Waals surface area contributed by atoms with E-state index in [2.05, 4.69) is 26.7 Å². The summed E-state index contributed by atoms with van der Waals surface area (Å²) in [7, 11) is 1.36. The predicted octanol–water partition coefficient (Wildman–Crippen LogP) is 5.15. The van der Waals surface area contributed by atoms with Gasteiger partial charge in [-0.15, -0.1) is 0 Å². The zero-order valence-corrected chi connectivity index (χ0v) is 23.4. The third kappa shape index (κ3) is 5.40. The van der Waals surface area contributed by atoms with Gasteiger partial charge in [0, 0.05) is 25.6 Å². The summed E-state index contributed by atoms with van der Waals surface area (Å²) >= 11 is 1.70. The van der Waals surface area contributed by atoms with E-state index in [4.69, 9.17) is 4.74 Å². The highest BCUT2D eigenvalue weighted by Crippen LogP contribution is 2.37. The summed E-state index contributed by atoms with van der Waals surface area (Å²) in [5, 5.41) is 4.32. The summed E-state index contributed by atoms with van der Waals surface area (Å²) < 4.78 is 19.9. The lowest BCUT2D eigenvalue weighted by atomic mass is 9.87. The van der Waals surface area contributed by atoms with Gasteiger partial charge in [-0.05, 0) is 90.0 Å². The van der Waals surface area contributed by atoms with Gasteiger partial charge >= 0.3 is 5.97 Å². The number of carbonyl (C=O) groups is 2. The maximum Gasteiger partial charge on any atom is 0.325 e. The Bertz CT molecular complexity index is 1480. The van der Waals surface area contributed by atoms with Crippen molar-refractivity contribution in [2.75, 3.05) is 39.8 Å². The number of benzene rings is 2. The molecule has 2 atom stereocenters. The van der Waals surface area contributed by atoms with Gasteiger partial charge in [0.25, 0.3) is 5.91 Å². The van der Waals surface area contributed by atoms with Crippen molar-refractivity contribution in [3.8, 4) is 0 Å². The highest BCUT2D eigenvalue weighted by atomic mass is 32.1. The molecule has 2 aromatic heterocycles. The number of carbonyl (C=O) groups excluding carboxylic acids is 2. The first-order valence-electron chi connectivity index (χ1n) is 13.8. The van der Waals surface area contributed by atoms with Crippen molar-refractivity contribution in [3.63, 3.8) is 0 Å². The number of amides is 1. The van der Waals surface area contributed by atoms with E-state index in [1.54, 1.807) is 34.4 Å². The van der Waals surface area contributed by atoms with Gasteiger partial charge in [-0.1, -0.05) is 18.2 Å². The van der Waals surface area contributed by atoms with Crippen LogP contribution in [0.2, 0.25) is 0 Å². The van der Waals surface area contributed by atoms with E-state index in [0.29, 0.717) is 36.0 Å². The second kappa shape index (κ2) is 11.5. The van der Waals surface area contributed by atoms with Crippen molar-refractivity contribution in [1.29, 1.82) is 0 Å². The highest BCUT2D eigenvalue weighted by Gasteiger charge is 2.38. The molecule has 0 aliphatic carbocycles. The zero-order chi connectivity index (χ0) is 27.6. The van der Waals surface area contributed by atoms with E-state index >= 15 is 0 Å². The van der Waals surface area contributed by atoms with Crippen LogP contribution in [0.3, 0.4) is 0 Å². The normalized spacial score (nSPS) is 20.3. The minimum absolute atomic E-state index is 0.0216. The number of esters is 1. The molecule has 40 heavy (non-hydrogen) atoms. The Kier molecular flexibility index (Phi) is 7.67. The predicted molar refractivity (Wildman–Crippen MR) is 153 cm³/mol. The van der Waals surface area contributed by atoms with Gasteiger partial charge in [0.15, 0.2) is 0 Å². The molecule has 0 saturated carbocycles. The van der Waals surface area contributed by atoms with Crippen molar-refractivity contribution in [2.24, 2.45) is 5.92 Å². The van der Waals surface area contributed by atoms with Crippen molar-refractivity contribution in [2.45, 2.75) is 31.2 Å². The second-order valence-electron chi connectivity index (χ2n) is 10.9. The second-order valence-corrected chi connectivity index (χ2v) is 11.7. The topological polar surface area (TPSA) is 67.7 Å².